The van der Waals surface area contributed by atoms with Gasteiger partial charge in [0.1, 0.15) is 0 Å². The van der Waals surface area contributed by atoms with Crippen LogP contribution in [0, 0.1) is 23.7 Å². The molecule has 0 atom stereocenters. The third kappa shape index (κ3) is 1.66. The number of fused-ring (bicyclic) bond motifs is 1. The van der Waals surface area contributed by atoms with E-state index in [4.69, 9.17) is 0 Å². The van der Waals surface area contributed by atoms with Crippen molar-refractivity contribution in [3.05, 3.63) is 11.6 Å². The normalized spacial score (nSPS) is 31.0. The molecule has 0 heterocycles. The first-order valence-electron chi connectivity index (χ1n) is 4.54. The number of hydrogen-bond donors (Lipinski definition) is 0. The van der Waals surface area contributed by atoms with Gasteiger partial charge in [-0.1, -0.05) is 31.3 Å². The van der Waals surface area contributed by atoms with Crippen molar-refractivity contribution < 1.29 is 0 Å². The average Bonchev–Trinajstić information content (AvgIpc) is 2.22. The molecule has 1 saturated carbocycles. The van der Waals surface area contributed by atoms with Crippen molar-refractivity contribution in [3.63, 3.8) is 0 Å². The van der Waals surface area contributed by atoms with Crippen LogP contribution in [0.3, 0.4) is 0 Å². The lowest BCUT2D eigenvalue weighted by atomic mass is 9.73. The van der Waals surface area contributed by atoms with Gasteiger partial charge < -0.3 is 0 Å². The summed E-state index contributed by atoms with van der Waals surface area (Å²) in [5.74, 6) is 7.90. The van der Waals surface area contributed by atoms with Crippen LogP contribution in [0.1, 0.15) is 33.6 Å². The Hall–Kier alpha value is -0.700. The van der Waals surface area contributed by atoms with Gasteiger partial charge in [0.15, 0.2) is 0 Å². The fourth-order valence-corrected chi connectivity index (χ4v) is 1.50. The van der Waals surface area contributed by atoms with Crippen molar-refractivity contribution in [2.75, 3.05) is 0 Å². The van der Waals surface area contributed by atoms with E-state index in [0.29, 0.717) is 0 Å². The minimum absolute atomic E-state index is 0.740. The van der Waals surface area contributed by atoms with E-state index in [1.165, 1.54) is 18.4 Å². The zero-order valence-electron chi connectivity index (χ0n) is 7.65. The van der Waals surface area contributed by atoms with Gasteiger partial charge in [-0.05, 0) is 31.8 Å². The molecule has 3 aliphatic carbocycles. The molecule has 3 rings (SSSR count). The smallest absolute Gasteiger partial charge is 0.0217 e. The van der Waals surface area contributed by atoms with Gasteiger partial charge in [-0.3, -0.25) is 0 Å². The zero-order valence-corrected chi connectivity index (χ0v) is 7.65. The van der Waals surface area contributed by atoms with Gasteiger partial charge >= 0.3 is 0 Å². The molecule has 0 unspecified atom stereocenters. The van der Waals surface area contributed by atoms with Crippen LogP contribution in [0.2, 0.25) is 0 Å². The molecule has 0 aromatic heterocycles. The Kier molecular flexibility index (Phi) is 2.76. The fraction of sp³-hybridized carbons (Fsp3) is 0.636. The van der Waals surface area contributed by atoms with Crippen molar-refractivity contribution in [2.45, 2.75) is 33.6 Å². The summed E-state index contributed by atoms with van der Waals surface area (Å²) in [4.78, 5) is 0. The molecule has 0 saturated heterocycles. The summed E-state index contributed by atoms with van der Waals surface area (Å²) < 4.78 is 0. The van der Waals surface area contributed by atoms with Crippen LogP contribution in [0.4, 0.5) is 0 Å². The fourth-order valence-electron chi connectivity index (χ4n) is 1.50. The first kappa shape index (κ1) is 8.40. The molecular formula is C11H16. The topological polar surface area (TPSA) is 0 Å². The molecular weight excluding hydrogens is 132 g/mol. The van der Waals surface area contributed by atoms with E-state index in [1.54, 1.807) is 0 Å². The van der Waals surface area contributed by atoms with E-state index in [0.717, 1.165) is 11.8 Å². The lowest BCUT2D eigenvalue weighted by Crippen LogP contribution is -2.21. The summed E-state index contributed by atoms with van der Waals surface area (Å²) in [6.07, 6.45) is 4.74. The molecule has 0 nitrogen and oxygen atoms in total. The second-order valence-corrected chi connectivity index (χ2v) is 3.04. The maximum absolute atomic E-state index is 3.21. The first-order chi connectivity index (χ1) is 5.36. The van der Waals surface area contributed by atoms with Crippen LogP contribution in [-0.2, 0) is 0 Å². The van der Waals surface area contributed by atoms with Gasteiger partial charge in [0.2, 0.25) is 0 Å². The van der Waals surface area contributed by atoms with E-state index >= 15 is 0 Å². The highest BCUT2D eigenvalue weighted by molar-refractivity contribution is 5.30. The predicted molar refractivity (Wildman–Crippen MR) is 49.1 cm³/mol. The van der Waals surface area contributed by atoms with E-state index in [2.05, 4.69) is 24.8 Å². The molecule has 0 heteroatoms. The summed E-state index contributed by atoms with van der Waals surface area (Å²) in [7, 11) is 0. The van der Waals surface area contributed by atoms with Gasteiger partial charge in [-0.25, -0.2) is 0 Å². The zero-order chi connectivity index (χ0) is 8.27. The lowest BCUT2D eigenvalue weighted by Gasteiger charge is -2.30. The van der Waals surface area contributed by atoms with Gasteiger partial charge in [-0.2, -0.15) is 0 Å². The largest absolute Gasteiger partial charge is 0.0951 e. The Labute approximate surface area is 69.7 Å². The maximum atomic E-state index is 3.21. The maximum Gasteiger partial charge on any atom is 0.0217 e. The van der Waals surface area contributed by atoms with Gasteiger partial charge in [0, 0.05) is 5.92 Å². The molecule has 0 N–H and O–H groups in total. The second kappa shape index (κ2) is 3.62. The summed E-state index contributed by atoms with van der Waals surface area (Å²) >= 11 is 0. The highest BCUT2D eigenvalue weighted by atomic mass is 14.3. The molecule has 2 bridgehead atoms. The Balaban J connectivity index is 0.000000281. The molecule has 3 aliphatic rings. The Morgan fingerprint density at radius 1 is 1.36 bits per heavy atom. The minimum atomic E-state index is 0.740. The van der Waals surface area contributed by atoms with Crippen LogP contribution in [0.5, 0.6) is 0 Å². The van der Waals surface area contributed by atoms with Crippen LogP contribution < -0.4 is 0 Å². The third-order valence-corrected chi connectivity index (χ3v) is 2.37. The van der Waals surface area contributed by atoms with Crippen LogP contribution in [0.25, 0.3) is 0 Å². The van der Waals surface area contributed by atoms with Crippen LogP contribution in [0.15, 0.2) is 11.6 Å². The van der Waals surface area contributed by atoms with Crippen molar-refractivity contribution in [1.82, 2.24) is 0 Å². The van der Waals surface area contributed by atoms with E-state index in [9.17, 15) is 0 Å². The summed E-state index contributed by atoms with van der Waals surface area (Å²) in [5, 5.41) is 0. The predicted octanol–water partition coefficient (Wildman–Crippen LogP) is 3.00. The van der Waals surface area contributed by atoms with E-state index in [-0.39, 0.29) is 0 Å². The van der Waals surface area contributed by atoms with Gasteiger partial charge in [0.25, 0.3) is 0 Å². The molecule has 0 amide bonds. The SMILES string of the molecule is CC.CC1=CC#CC2CC1C2. The summed E-state index contributed by atoms with van der Waals surface area (Å²) in [6.45, 7) is 6.20. The van der Waals surface area contributed by atoms with Gasteiger partial charge in [-0.15, -0.1) is 0 Å². The Morgan fingerprint density at radius 2 is 2.00 bits per heavy atom. The molecule has 0 aromatic carbocycles. The Morgan fingerprint density at radius 3 is 2.64 bits per heavy atom. The summed E-state index contributed by atoms with van der Waals surface area (Å²) in [6, 6.07) is 0. The molecule has 0 spiro atoms. The van der Waals surface area contributed by atoms with Crippen molar-refractivity contribution in [1.29, 1.82) is 0 Å². The second-order valence-electron chi connectivity index (χ2n) is 3.04. The first-order valence-corrected chi connectivity index (χ1v) is 4.54. The molecule has 11 heavy (non-hydrogen) atoms. The van der Waals surface area contributed by atoms with Crippen LogP contribution >= 0.6 is 0 Å². The number of rotatable bonds is 0. The quantitative estimate of drug-likeness (QED) is 0.463. The molecule has 0 aliphatic heterocycles. The third-order valence-electron chi connectivity index (χ3n) is 2.37. The molecule has 60 valence electrons. The average molecular weight is 148 g/mol. The molecule has 1 fully saturated rings. The van der Waals surface area contributed by atoms with Gasteiger partial charge in [0.05, 0.1) is 0 Å². The standard InChI is InChI=1S/C9H10.C2H6/c1-7-3-2-4-8-5-9(7)6-8;1-2/h3,8-9H,5-6H2,1H3;1-2H3. The molecule has 0 aromatic rings. The lowest BCUT2D eigenvalue weighted by molar-refractivity contribution is 0.293. The van der Waals surface area contributed by atoms with Crippen molar-refractivity contribution >= 4 is 0 Å². The van der Waals surface area contributed by atoms with E-state index in [1.807, 2.05) is 13.8 Å². The van der Waals surface area contributed by atoms with Crippen molar-refractivity contribution in [3.8, 4) is 11.8 Å². The monoisotopic (exact) mass is 148 g/mol. The van der Waals surface area contributed by atoms with Crippen LogP contribution in [-0.4, -0.2) is 0 Å². The van der Waals surface area contributed by atoms with E-state index < -0.39 is 0 Å². The minimum Gasteiger partial charge on any atom is -0.0951 e. The highest BCUT2D eigenvalue weighted by Gasteiger charge is 2.29. The van der Waals surface area contributed by atoms with Crippen molar-refractivity contribution in [2.24, 2.45) is 11.8 Å². The number of allylic oxidation sites excluding steroid dienone is 2. The Bertz CT molecular complexity index is 206. The summed E-state index contributed by atoms with van der Waals surface area (Å²) in [5.41, 5.74) is 1.50. The number of hydrogen-bond acceptors (Lipinski definition) is 0. The molecule has 0 radical (unpaired) electrons. The highest BCUT2D eigenvalue weighted by Crippen LogP contribution is 2.39.